The summed E-state index contributed by atoms with van der Waals surface area (Å²) in [6, 6.07) is 9.54. The van der Waals surface area contributed by atoms with Gasteiger partial charge in [-0.05, 0) is 32.4 Å². The van der Waals surface area contributed by atoms with E-state index in [1.807, 2.05) is 24.4 Å². The first-order valence-corrected chi connectivity index (χ1v) is 7.29. The van der Waals surface area contributed by atoms with Gasteiger partial charge in [0.1, 0.15) is 5.60 Å². The molecule has 1 N–H and O–H groups in total. The number of benzene rings is 1. The van der Waals surface area contributed by atoms with Crippen molar-refractivity contribution >= 4 is 11.9 Å². The largest absolute Gasteiger partial charge is 0.444 e. The average Bonchev–Trinajstić information content (AvgIpc) is 2.77. The van der Waals surface area contributed by atoms with Gasteiger partial charge in [-0.15, -0.1) is 0 Å². The van der Waals surface area contributed by atoms with Crippen LogP contribution in [0.2, 0.25) is 0 Å². The van der Waals surface area contributed by atoms with Crippen LogP contribution in [0.3, 0.4) is 0 Å². The summed E-state index contributed by atoms with van der Waals surface area (Å²) in [6.45, 7) is 5.40. The lowest BCUT2D eigenvalue weighted by Crippen LogP contribution is -2.27. The van der Waals surface area contributed by atoms with E-state index in [9.17, 15) is 10.1 Å². The molecule has 2 rings (SSSR count). The predicted molar refractivity (Wildman–Crippen MR) is 87.0 cm³/mol. The number of carbonyl (C=O) groups excluding carboxylic acids is 1. The van der Waals surface area contributed by atoms with Crippen LogP contribution in [-0.2, 0) is 18.2 Å². The molecule has 0 atom stereocenters. The van der Waals surface area contributed by atoms with Crippen molar-refractivity contribution in [1.29, 1.82) is 5.26 Å². The van der Waals surface area contributed by atoms with Crippen molar-refractivity contribution in [2.45, 2.75) is 32.8 Å². The second kappa shape index (κ2) is 6.53. The molecule has 1 amide bonds. The zero-order valence-electron chi connectivity index (χ0n) is 13.8. The molecular weight excluding hydrogens is 292 g/mol. The van der Waals surface area contributed by atoms with Crippen LogP contribution in [0.4, 0.5) is 10.6 Å². The van der Waals surface area contributed by atoms with Crippen LogP contribution >= 0.6 is 0 Å². The smallest absolute Gasteiger partial charge is 0.413 e. The molecule has 23 heavy (non-hydrogen) atoms. The van der Waals surface area contributed by atoms with E-state index in [0.717, 1.165) is 11.1 Å². The molecule has 1 aromatic carbocycles. The Bertz CT molecular complexity index is 751. The van der Waals surface area contributed by atoms with Gasteiger partial charge < -0.3 is 4.74 Å². The third-order valence-corrected chi connectivity index (χ3v) is 3.04. The molecule has 0 saturated heterocycles. The van der Waals surface area contributed by atoms with E-state index < -0.39 is 11.7 Å². The fraction of sp³-hybridized carbons (Fsp3) is 0.353. The second-order valence-corrected chi connectivity index (χ2v) is 6.25. The maximum absolute atomic E-state index is 11.9. The van der Waals surface area contributed by atoms with Crippen molar-refractivity contribution in [3.63, 3.8) is 0 Å². The Kier molecular flexibility index (Phi) is 4.70. The van der Waals surface area contributed by atoms with Gasteiger partial charge in [-0.2, -0.15) is 10.4 Å². The fourth-order valence-corrected chi connectivity index (χ4v) is 2.16. The number of carbonyl (C=O) groups is 1. The van der Waals surface area contributed by atoms with Crippen molar-refractivity contribution in [1.82, 2.24) is 9.78 Å². The zero-order valence-corrected chi connectivity index (χ0v) is 13.8. The number of nitrogens with one attached hydrogen (secondary N) is 1. The maximum atomic E-state index is 11.9. The van der Waals surface area contributed by atoms with Gasteiger partial charge >= 0.3 is 6.09 Å². The van der Waals surface area contributed by atoms with Crippen LogP contribution in [0.25, 0.3) is 0 Å². The van der Waals surface area contributed by atoms with E-state index in [4.69, 9.17) is 4.74 Å². The van der Waals surface area contributed by atoms with E-state index in [-0.39, 0.29) is 0 Å². The monoisotopic (exact) mass is 312 g/mol. The Hall–Kier alpha value is -2.81. The van der Waals surface area contributed by atoms with Gasteiger partial charge in [0.05, 0.1) is 11.6 Å². The average molecular weight is 312 g/mol. The highest BCUT2D eigenvalue weighted by atomic mass is 16.6. The predicted octanol–water partition coefficient (Wildman–Crippen LogP) is 3.23. The third-order valence-electron chi connectivity index (χ3n) is 3.04. The molecular formula is C17H20N4O2. The van der Waals surface area contributed by atoms with E-state index in [1.54, 1.807) is 38.6 Å². The van der Waals surface area contributed by atoms with Gasteiger partial charge in [-0.1, -0.05) is 18.2 Å². The maximum Gasteiger partial charge on any atom is 0.413 e. The number of rotatable bonds is 3. The molecule has 0 bridgehead atoms. The molecule has 0 radical (unpaired) electrons. The summed E-state index contributed by atoms with van der Waals surface area (Å²) in [7, 11) is 1.78. The number of nitriles is 1. The number of anilines is 1. The van der Waals surface area contributed by atoms with Crippen LogP contribution in [0.5, 0.6) is 0 Å². The van der Waals surface area contributed by atoms with Crippen molar-refractivity contribution in [3.05, 3.63) is 47.2 Å². The molecule has 0 spiro atoms. The highest BCUT2D eigenvalue weighted by Gasteiger charge is 2.19. The molecule has 1 aromatic heterocycles. The van der Waals surface area contributed by atoms with E-state index in [0.29, 0.717) is 17.8 Å². The topological polar surface area (TPSA) is 79.9 Å². The summed E-state index contributed by atoms with van der Waals surface area (Å²) >= 11 is 0. The van der Waals surface area contributed by atoms with Gasteiger partial charge in [0, 0.05) is 25.2 Å². The molecule has 2 aromatic rings. The Balaban J connectivity index is 2.21. The van der Waals surface area contributed by atoms with Gasteiger partial charge in [0.25, 0.3) is 0 Å². The minimum Gasteiger partial charge on any atom is -0.444 e. The lowest BCUT2D eigenvalue weighted by atomic mass is 10.0. The molecule has 0 aliphatic heterocycles. The second-order valence-electron chi connectivity index (χ2n) is 6.25. The van der Waals surface area contributed by atoms with Crippen LogP contribution < -0.4 is 5.32 Å². The van der Waals surface area contributed by atoms with Crippen molar-refractivity contribution in [2.75, 3.05) is 5.32 Å². The van der Waals surface area contributed by atoms with E-state index >= 15 is 0 Å². The van der Waals surface area contributed by atoms with Gasteiger partial charge in [-0.25, -0.2) is 4.79 Å². The normalized spacial score (nSPS) is 10.9. The molecule has 0 saturated carbocycles. The summed E-state index contributed by atoms with van der Waals surface area (Å²) in [6.07, 6.45) is 1.77. The molecule has 120 valence electrons. The first-order chi connectivity index (χ1) is 10.8. The molecule has 0 unspecified atom stereocenters. The zero-order chi connectivity index (χ0) is 17.0. The molecule has 6 nitrogen and oxygen atoms in total. The molecule has 0 aliphatic carbocycles. The summed E-state index contributed by atoms with van der Waals surface area (Å²) in [5.41, 5.74) is 1.74. The lowest BCUT2D eigenvalue weighted by molar-refractivity contribution is 0.0635. The molecule has 0 aliphatic rings. The Morgan fingerprint density at radius 3 is 2.70 bits per heavy atom. The Morgan fingerprint density at radius 2 is 2.04 bits per heavy atom. The number of aryl methyl sites for hydroxylation is 1. The Labute approximate surface area is 135 Å². The minimum atomic E-state index is -0.577. The standard InChI is InChI=1S/C17H20N4O2/c1-17(2,3)23-16(22)19-15-14(11-21(4)20-15)9-12-7-5-6-8-13(12)10-18/h5-8,11H,9H2,1-4H3,(H,19,20,22). The molecule has 0 fully saturated rings. The summed E-state index contributed by atoms with van der Waals surface area (Å²) in [4.78, 5) is 11.9. The van der Waals surface area contributed by atoms with Crippen molar-refractivity contribution < 1.29 is 9.53 Å². The number of ether oxygens (including phenoxy) is 1. The van der Waals surface area contributed by atoms with Crippen molar-refractivity contribution in [3.8, 4) is 6.07 Å². The fourth-order valence-electron chi connectivity index (χ4n) is 2.16. The van der Waals surface area contributed by atoms with Crippen LogP contribution in [0.15, 0.2) is 30.5 Å². The summed E-state index contributed by atoms with van der Waals surface area (Å²) in [5, 5.41) is 16.1. The van der Waals surface area contributed by atoms with Crippen molar-refractivity contribution in [2.24, 2.45) is 7.05 Å². The van der Waals surface area contributed by atoms with Gasteiger partial charge in [0.15, 0.2) is 5.82 Å². The summed E-state index contributed by atoms with van der Waals surface area (Å²) in [5.74, 6) is 0.439. The minimum absolute atomic E-state index is 0.439. The lowest BCUT2D eigenvalue weighted by Gasteiger charge is -2.19. The Morgan fingerprint density at radius 1 is 1.35 bits per heavy atom. The van der Waals surface area contributed by atoms with E-state index in [2.05, 4.69) is 16.5 Å². The third kappa shape index (κ3) is 4.58. The number of amides is 1. The first kappa shape index (κ1) is 16.6. The number of hydrogen-bond donors (Lipinski definition) is 1. The first-order valence-electron chi connectivity index (χ1n) is 7.29. The van der Waals surface area contributed by atoms with E-state index in [1.165, 1.54) is 0 Å². The number of aromatic nitrogens is 2. The van der Waals surface area contributed by atoms with Crippen LogP contribution in [0.1, 0.15) is 37.5 Å². The highest BCUT2D eigenvalue weighted by molar-refractivity contribution is 5.84. The quantitative estimate of drug-likeness (QED) is 0.943. The summed E-state index contributed by atoms with van der Waals surface area (Å²) < 4.78 is 6.87. The van der Waals surface area contributed by atoms with Crippen LogP contribution in [0, 0.1) is 11.3 Å². The van der Waals surface area contributed by atoms with Gasteiger partial charge in [-0.3, -0.25) is 10.00 Å². The number of nitrogens with zero attached hydrogens (tertiary/aromatic N) is 3. The highest BCUT2D eigenvalue weighted by Crippen LogP contribution is 2.20. The van der Waals surface area contributed by atoms with Gasteiger partial charge in [0.2, 0.25) is 0 Å². The van der Waals surface area contributed by atoms with Crippen LogP contribution in [-0.4, -0.2) is 21.5 Å². The number of hydrogen-bond acceptors (Lipinski definition) is 4. The molecule has 6 heteroatoms. The molecule has 1 heterocycles. The SMILES string of the molecule is Cn1cc(Cc2ccccc2C#N)c(NC(=O)OC(C)(C)C)n1.